The fourth-order valence-electron chi connectivity index (χ4n) is 1.62. The van der Waals surface area contributed by atoms with Crippen molar-refractivity contribution in [1.82, 2.24) is 9.88 Å². The molecule has 1 aromatic heterocycles. The van der Waals surface area contributed by atoms with Gasteiger partial charge in [-0.1, -0.05) is 0 Å². The van der Waals surface area contributed by atoms with Gasteiger partial charge >= 0.3 is 5.97 Å². The SMILES string of the molecule is Cc1ccc(C(=O)NC(CCC(N)=O)C(=O)O)n1C. The van der Waals surface area contributed by atoms with E-state index in [9.17, 15) is 14.4 Å². The Kier molecular flexibility index (Phi) is 4.68. The number of carboxylic acids is 1. The molecule has 1 aromatic rings. The Labute approximate surface area is 110 Å². The Bertz CT molecular complexity index is 507. The van der Waals surface area contributed by atoms with Crippen LogP contribution in [0.1, 0.15) is 29.0 Å². The Morgan fingerprint density at radius 3 is 2.47 bits per heavy atom. The Morgan fingerprint density at radius 2 is 2.05 bits per heavy atom. The van der Waals surface area contributed by atoms with E-state index in [1.54, 1.807) is 23.7 Å². The Hall–Kier alpha value is -2.31. The van der Waals surface area contributed by atoms with Gasteiger partial charge in [0.2, 0.25) is 5.91 Å². The van der Waals surface area contributed by atoms with Crippen molar-refractivity contribution in [1.29, 1.82) is 0 Å². The number of amides is 2. The van der Waals surface area contributed by atoms with E-state index in [2.05, 4.69) is 5.32 Å². The number of aryl methyl sites for hydroxylation is 1. The van der Waals surface area contributed by atoms with E-state index < -0.39 is 23.8 Å². The van der Waals surface area contributed by atoms with Crippen LogP contribution in [0.2, 0.25) is 0 Å². The number of aliphatic carboxylic acids is 1. The summed E-state index contributed by atoms with van der Waals surface area (Å²) in [5, 5.41) is 11.4. The third-order valence-electron chi connectivity index (χ3n) is 2.89. The molecule has 0 saturated heterocycles. The van der Waals surface area contributed by atoms with Crippen molar-refractivity contribution >= 4 is 17.8 Å². The molecule has 1 heterocycles. The largest absolute Gasteiger partial charge is 0.480 e. The quantitative estimate of drug-likeness (QED) is 0.661. The van der Waals surface area contributed by atoms with Crippen LogP contribution in [0.4, 0.5) is 0 Å². The first-order valence-corrected chi connectivity index (χ1v) is 5.77. The van der Waals surface area contributed by atoms with Crippen LogP contribution < -0.4 is 11.1 Å². The van der Waals surface area contributed by atoms with Crippen LogP contribution in [-0.4, -0.2) is 33.5 Å². The highest BCUT2D eigenvalue weighted by Gasteiger charge is 2.22. The maximum absolute atomic E-state index is 11.9. The van der Waals surface area contributed by atoms with Crippen LogP contribution >= 0.6 is 0 Å². The van der Waals surface area contributed by atoms with Crippen molar-refractivity contribution in [2.45, 2.75) is 25.8 Å². The van der Waals surface area contributed by atoms with Crippen molar-refractivity contribution in [3.8, 4) is 0 Å². The van der Waals surface area contributed by atoms with Crippen LogP contribution in [0.15, 0.2) is 12.1 Å². The van der Waals surface area contributed by atoms with Gasteiger partial charge in [-0.25, -0.2) is 4.79 Å². The molecular formula is C12H17N3O4. The zero-order valence-corrected chi connectivity index (χ0v) is 10.8. The minimum absolute atomic E-state index is 0.0280. The first-order valence-electron chi connectivity index (χ1n) is 5.77. The number of primary amides is 1. The summed E-state index contributed by atoms with van der Waals surface area (Å²) in [5.41, 5.74) is 6.21. The lowest BCUT2D eigenvalue weighted by Gasteiger charge is -2.14. The van der Waals surface area contributed by atoms with E-state index >= 15 is 0 Å². The summed E-state index contributed by atoms with van der Waals surface area (Å²) in [6.07, 6.45) is -0.122. The number of hydrogen-bond donors (Lipinski definition) is 3. The minimum Gasteiger partial charge on any atom is -0.480 e. The molecule has 104 valence electrons. The highest BCUT2D eigenvalue weighted by atomic mass is 16.4. The van der Waals surface area contributed by atoms with E-state index in [1.165, 1.54) is 0 Å². The topological polar surface area (TPSA) is 114 Å². The molecule has 1 rings (SSSR count). The third kappa shape index (κ3) is 3.84. The van der Waals surface area contributed by atoms with Crippen molar-refractivity contribution in [2.75, 3.05) is 0 Å². The highest BCUT2D eigenvalue weighted by Crippen LogP contribution is 2.07. The van der Waals surface area contributed by atoms with Crippen LogP contribution in [-0.2, 0) is 16.6 Å². The second-order valence-corrected chi connectivity index (χ2v) is 4.29. The molecule has 0 bridgehead atoms. The second kappa shape index (κ2) is 6.03. The number of nitrogens with two attached hydrogens (primary N) is 1. The lowest BCUT2D eigenvalue weighted by molar-refractivity contribution is -0.139. The monoisotopic (exact) mass is 267 g/mol. The molecule has 0 radical (unpaired) electrons. The number of carbonyl (C=O) groups is 3. The zero-order valence-electron chi connectivity index (χ0n) is 10.8. The molecule has 2 amide bonds. The van der Waals surface area contributed by atoms with Crippen molar-refractivity contribution in [2.24, 2.45) is 12.8 Å². The Balaban J connectivity index is 2.74. The molecule has 7 heteroatoms. The van der Waals surface area contributed by atoms with E-state index in [0.29, 0.717) is 5.69 Å². The van der Waals surface area contributed by atoms with Crippen molar-refractivity contribution in [3.63, 3.8) is 0 Å². The summed E-state index contributed by atoms with van der Waals surface area (Å²) < 4.78 is 1.66. The predicted molar refractivity (Wildman–Crippen MR) is 67.5 cm³/mol. The molecule has 0 fully saturated rings. The van der Waals surface area contributed by atoms with E-state index in [1.807, 2.05) is 6.92 Å². The van der Waals surface area contributed by atoms with E-state index in [4.69, 9.17) is 10.8 Å². The standard InChI is InChI=1S/C12H17N3O4/c1-7-3-5-9(15(7)2)11(17)14-8(12(18)19)4-6-10(13)16/h3,5,8H,4,6H2,1-2H3,(H2,13,16)(H,14,17)(H,18,19). The van der Waals surface area contributed by atoms with E-state index in [-0.39, 0.29) is 12.8 Å². The van der Waals surface area contributed by atoms with Gasteiger partial charge in [-0.2, -0.15) is 0 Å². The lowest BCUT2D eigenvalue weighted by atomic mass is 10.1. The summed E-state index contributed by atoms with van der Waals surface area (Å²) in [5.74, 6) is -2.29. The number of nitrogens with one attached hydrogen (secondary N) is 1. The van der Waals surface area contributed by atoms with Gasteiger partial charge in [0.25, 0.3) is 5.91 Å². The molecule has 7 nitrogen and oxygen atoms in total. The normalized spacial score (nSPS) is 11.9. The number of nitrogens with zero attached hydrogens (tertiary/aromatic N) is 1. The number of carboxylic acid groups (broad SMARTS) is 1. The molecule has 1 atom stereocenters. The van der Waals surface area contributed by atoms with Gasteiger partial charge in [-0.15, -0.1) is 0 Å². The van der Waals surface area contributed by atoms with Gasteiger partial charge in [-0.05, 0) is 25.5 Å². The van der Waals surface area contributed by atoms with Crippen LogP contribution in [0, 0.1) is 6.92 Å². The summed E-state index contributed by atoms with van der Waals surface area (Å²) in [7, 11) is 1.71. The van der Waals surface area contributed by atoms with Gasteiger partial charge < -0.3 is 20.7 Å². The fourth-order valence-corrected chi connectivity index (χ4v) is 1.62. The van der Waals surface area contributed by atoms with Gasteiger partial charge in [-0.3, -0.25) is 9.59 Å². The number of hydrogen-bond acceptors (Lipinski definition) is 3. The average Bonchev–Trinajstić information content (AvgIpc) is 2.64. The summed E-state index contributed by atoms with van der Waals surface area (Å²) >= 11 is 0. The summed E-state index contributed by atoms with van der Waals surface area (Å²) in [6, 6.07) is 2.24. The number of rotatable bonds is 6. The molecule has 0 aliphatic rings. The molecule has 19 heavy (non-hydrogen) atoms. The van der Waals surface area contributed by atoms with Gasteiger partial charge in [0.1, 0.15) is 11.7 Å². The molecule has 0 aliphatic carbocycles. The predicted octanol–water partition coefficient (Wildman–Crippen LogP) is -0.218. The second-order valence-electron chi connectivity index (χ2n) is 4.29. The van der Waals surface area contributed by atoms with Gasteiger partial charge in [0, 0.05) is 19.2 Å². The smallest absolute Gasteiger partial charge is 0.326 e. The summed E-state index contributed by atoms with van der Waals surface area (Å²) in [4.78, 5) is 33.6. The van der Waals surface area contributed by atoms with Crippen LogP contribution in [0.5, 0.6) is 0 Å². The van der Waals surface area contributed by atoms with Crippen molar-refractivity contribution < 1.29 is 19.5 Å². The van der Waals surface area contributed by atoms with Crippen LogP contribution in [0.25, 0.3) is 0 Å². The van der Waals surface area contributed by atoms with Crippen molar-refractivity contribution in [3.05, 3.63) is 23.5 Å². The van der Waals surface area contributed by atoms with Crippen LogP contribution in [0.3, 0.4) is 0 Å². The maximum atomic E-state index is 11.9. The third-order valence-corrected chi connectivity index (χ3v) is 2.89. The molecule has 4 N–H and O–H groups in total. The molecule has 0 spiro atoms. The number of aromatic nitrogens is 1. The highest BCUT2D eigenvalue weighted by molar-refractivity contribution is 5.95. The molecule has 0 saturated carbocycles. The molecule has 1 unspecified atom stereocenters. The molecule has 0 aromatic carbocycles. The fraction of sp³-hybridized carbons (Fsp3) is 0.417. The average molecular weight is 267 g/mol. The van der Waals surface area contributed by atoms with E-state index in [0.717, 1.165) is 5.69 Å². The lowest BCUT2D eigenvalue weighted by Crippen LogP contribution is -2.42. The molecule has 0 aliphatic heterocycles. The molecular weight excluding hydrogens is 250 g/mol. The minimum atomic E-state index is -1.19. The first-order chi connectivity index (χ1) is 8.82. The zero-order chi connectivity index (χ0) is 14.6. The number of carbonyl (C=O) groups excluding carboxylic acids is 2. The van der Waals surface area contributed by atoms with Gasteiger partial charge in [0.05, 0.1) is 0 Å². The summed E-state index contributed by atoms with van der Waals surface area (Å²) in [6.45, 7) is 1.83. The van der Waals surface area contributed by atoms with Gasteiger partial charge in [0.15, 0.2) is 0 Å². The first kappa shape index (κ1) is 14.7. The Morgan fingerprint density at radius 1 is 1.42 bits per heavy atom. The maximum Gasteiger partial charge on any atom is 0.326 e.